The Kier molecular flexibility index (Phi) is 6.21. The quantitative estimate of drug-likeness (QED) is 0.216. The van der Waals surface area contributed by atoms with E-state index in [9.17, 15) is 19.5 Å². The molecule has 1 aliphatic heterocycles. The van der Waals surface area contributed by atoms with E-state index in [-0.39, 0.29) is 17.6 Å². The van der Waals surface area contributed by atoms with Gasteiger partial charge in [0.05, 0.1) is 11.3 Å². The first kappa shape index (κ1) is 20.8. The number of halogens is 1. The first-order chi connectivity index (χ1) is 13.8. The van der Waals surface area contributed by atoms with Gasteiger partial charge >= 0.3 is 0 Å². The van der Waals surface area contributed by atoms with Crippen LogP contribution in [0.2, 0.25) is 0 Å². The molecule has 3 amide bonds. The molecule has 0 aromatic heterocycles. The molecule has 3 rings (SSSR count). The van der Waals surface area contributed by atoms with Crippen molar-refractivity contribution in [1.82, 2.24) is 10.6 Å². The van der Waals surface area contributed by atoms with Gasteiger partial charge in [-0.05, 0) is 58.5 Å². The number of nitrogens with one attached hydrogen (secondary N) is 3. The summed E-state index contributed by atoms with van der Waals surface area (Å²) in [5, 5.41) is 18.2. The number of benzene rings is 2. The van der Waals surface area contributed by atoms with E-state index >= 15 is 0 Å². The number of hydrogen-bond acceptors (Lipinski definition) is 5. The van der Waals surface area contributed by atoms with E-state index in [4.69, 9.17) is 0 Å². The third-order valence-electron chi connectivity index (χ3n) is 4.39. The number of amides is 3. The lowest BCUT2D eigenvalue weighted by Gasteiger charge is -2.18. The summed E-state index contributed by atoms with van der Waals surface area (Å²) in [6.07, 6.45) is 1.56. The minimum absolute atomic E-state index is 0.0353. The normalized spacial score (nSPS) is 14.6. The van der Waals surface area contributed by atoms with E-state index in [0.717, 1.165) is 9.13 Å². The van der Waals surface area contributed by atoms with E-state index in [1.165, 1.54) is 0 Å². The minimum atomic E-state index is -0.466. The van der Waals surface area contributed by atoms with Gasteiger partial charge in [0.2, 0.25) is 5.91 Å². The summed E-state index contributed by atoms with van der Waals surface area (Å²) >= 11 is 2.13. The predicted molar refractivity (Wildman–Crippen MR) is 118 cm³/mol. The third-order valence-corrected chi connectivity index (χ3v) is 5.06. The van der Waals surface area contributed by atoms with Crippen LogP contribution in [-0.2, 0) is 16.1 Å². The highest BCUT2D eigenvalue weighted by molar-refractivity contribution is 14.1. The van der Waals surface area contributed by atoms with Gasteiger partial charge in [-0.3, -0.25) is 19.7 Å². The molecule has 0 aliphatic carbocycles. The molecule has 8 heteroatoms. The van der Waals surface area contributed by atoms with E-state index in [2.05, 4.69) is 38.5 Å². The Labute approximate surface area is 181 Å². The van der Waals surface area contributed by atoms with Gasteiger partial charge in [-0.25, -0.2) is 0 Å². The van der Waals surface area contributed by atoms with Gasteiger partial charge in [-0.15, -0.1) is 0 Å². The second-order valence-electron chi connectivity index (χ2n) is 6.91. The Morgan fingerprint density at radius 2 is 1.90 bits per heavy atom. The van der Waals surface area contributed by atoms with Gasteiger partial charge in [0, 0.05) is 33.4 Å². The van der Waals surface area contributed by atoms with Crippen molar-refractivity contribution in [3.05, 3.63) is 62.9 Å². The minimum Gasteiger partial charge on any atom is -0.506 e. The average Bonchev–Trinajstić information content (AvgIpc) is 2.66. The van der Waals surface area contributed by atoms with Crippen LogP contribution in [0.5, 0.6) is 5.75 Å². The molecule has 0 radical (unpaired) electrons. The fourth-order valence-electron chi connectivity index (χ4n) is 2.78. The maximum Gasteiger partial charge on any atom is 0.260 e. The van der Waals surface area contributed by atoms with Crippen molar-refractivity contribution in [2.24, 2.45) is 5.92 Å². The first-order valence-corrected chi connectivity index (χ1v) is 10.1. The van der Waals surface area contributed by atoms with Crippen LogP contribution in [0.3, 0.4) is 0 Å². The van der Waals surface area contributed by atoms with Crippen LogP contribution in [0.1, 0.15) is 35.3 Å². The number of carbonyl (C=O) groups excluding carboxylic acids is 3. The van der Waals surface area contributed by atoms with Crippen LogP contribution in [0.15, 0.2) is 42.6 Å². The van der Waals surface area contributed by atoms with Crippen LogP contribution in [0.25, 0.3) is 5.57 Å². The highest BCUT2D eigenvalue weighted by Gasteiger charge is 2.27. The molecule has 2 aromatic rings. The molecule has 0 bridgehead atoms. The van der Waals surface area contributed by atoms with Crippen LogP contribution < -0.4 is 16.0 Å². The number of carbonyl (C=O) groups is 3. The number of hydrogen-bond donors (Lipinski definition) is 4. The number of aromatic hydroxyl groups is 1. The molecule has 0 atom stereocenters. The topological polar surface area (TPSA) is 108 Å². The number of phenolic OH excluding ortho intramolecular Hbond substituents is 1. The number of rotatable bonds is 5. The number of fused-ring (bicyclic) bond motifs is 1. The van der Waals surface area contributed by atoms with Crippen molar-refractivity contribution in [3.63, 3.8) is 0 Å². The number of anilines is 1. The molecule has 0 saturated carbocycles. The third kappa shape index (κ3) is 4.76. The first-order valence-electron chi connectivity index (χ1n) is 8.98. The van der Waals surface area contributed by atoms with Crippen molar-refractivity contribution in [3.8, 4) is 5.75 Å². The number of imide groups is 1. The molecule has 0 spiro atoms. The van der Waals surface area contributed by atoms with Gasteiger partial charge in [0.15, 0.2) is 0 Å². The van der Waals surface area contributed by atoms with Crippen LogP contribution >= 0.6 is 22.6 Å². The molecule has 2 aromatic carbocycles. The molecular weight excluding hydrogens is 485 g/mol. The van der Waals surface area contributed by atoms with Crippen LogP contribution in [-0.4, -0.2) is 22.8 Å². The Hall–Kier alpha value is -2.88. The van der Waals surface area contributed by atoms with Crippen molar-refractivity contribution in [1.29, 1.82) is 0 Å². The van der Waals surface area contributed by atoms with Gasteiger partial charge < -0.3 is 15.7 Å². The molecule has 0 fully saturated rings. The van der Waals surface area contributed by atoms with Crippen molar-refractivity contribution in [2.45, 2.75) is 20.4 Å². The van der Waals surface area contributed by atoms with E-state index in [1.807, 2.05) is 6.07 Å². The Bertz CT molecular complexity index is 1030. The van der Waals surface area contributed by atoms with Crippen LogP contribution in [0.4, 0.5) is 5.69 Å². The molecule has 4 N–H and O–H groups in total. The lowest BCUT2D eigenvalue weighted by atomic mass is 9.95. The zero-order chi connectivity index (χ0) is 21.1. The largest absolute Gasteiger partial charge is 0.506 e. The van der Waals surface area contributed by atoms with Gasteiger partial charge in [0.25, 0.3) is 11.8 Å². The van der Waals surface area contributed by atoms with Crippen molar-refractivity contribution < 1.29 is 19.5 Å². The Morgan fingerprint density at radius 3 is 2.59 bits per heavy atom. The molecule has 7 nitrogen and oxygen atoms in total. The predicted octanol–water partition coefficient (Wildman–Crippen LogP) is 2.99. The second kappa shape index (κ2) is 8.64. The molecule has 1 aliphatic rings. The highest BCUT2D eigenvalue weighted by atomic mass is 127. The summed E-state index contributed by atoms with van der Waals surface area (Å²) < 4.78 is 0.915. The second-order valence-corrected chi connectivity index (χ2v) is 8.15. The Balaban J connectivity index is 1.75. The summed E-state index contributed by atoms with van der Waals surface area (Å²) in [5.41, 5.74) is 2.49. The smallest absolute Gasteiger partial charge is 0.260 e. The van der Waals surface area contributed by atoms with E-state index in [0.29, 0.717) is 28.9 Å². The molecule has 1 heterocycles. The Morgan fingerprint density at radius 1 is 1.14 bits per heavy atom. The molecule has 150 valence electrons. The van der Waals surface area contributed by atoms with Gasteiger partial charge in [-0.1, -0.05) is 19.9 Å². The lowest BCUT2D eigenvalue weighted by molar-refractivity contribution is -0.119. The van der Waals surface area contributed by atoms with Crippen molar-refractivity contribution >= 4 is 51.6 Å². The lowest BCUT2D eigenvalue weighted by Crippen LogP contribution is -2.37. The molecule has 0 unspecified atom stereocenters. The summed E-state index contributed by atoms with van der Waals surface area (Å²) in [6, 6.07) is 10.2. The summed E-state index contributed by atoms with van der Waals surface area (Å²) in [5.74, 6) is -1.29. The molecule has 29 heavy (non-hydrogen) atoms. The van der Waals surface area contributed by atoms with Crippen LogP contribution in [0, 0.1) is 9.49 Å². The van der Waals surface area contributed by atoms with Crippen molar-refractivity contribution in [2.75, 3.05) is 5.32 Å². The average molecular weight is 505 g/mol. The zero-order valence-corrected chi connectivity index (χ0v) is 18.0. The van der Waals surface area contributed by atoms with E-state index < -0.39 is 11.8 Å². The fraction of sp³-hybridized carbons (Fsp3) is 0.190. The zero-order valence-electron chi connectivity index (χ0n) is 15.9. The number of phenols is 1. The fourth-order valence-corrected chi connectivity index (χ4v) is 3.27. The highest BCUT2D eigenvalue weighted by Crippen LogP contribution is 2.27. The summed E-state index contributed by atoms with van der Waals surface area (Å²) in [6.45, 7) is 3.88. The molecular formula is C21H20IN3O4. The maximum atomic E-state index is 12.3. The monoisotopic (exact) mass is 505 g/mol. The van der Waals surface area contributed by atoms with Gasteiger partial charge in [0.1, 0.15) is 5.75 Å². The SMILES string of the molecule is CC(C)C(=O)Nc1ccc(CNC=C2C(=O)NC(=O)c3ccc(I)cc32)cc1O. The van der Waals surface area contributed by atoms with Gasteiger partial charge in [-0.2, -0.15) is 0 Å². The van der Waals surface area contributed by atoms with E-state index in [1.54, 1.807) is 50.4 Å². The maximum absolute atomic E-state index is 12.3. The summed E-state index contributed by atoms with van der Waals surface area (Å²) in [7, 11) is 0. The molecule has 0 saturated heterocycles. The summed E-state index contributed by atoms with van der Waals surface area (Å²) in [4.78, 5) is 36.0. The standard InChI is InChI=1S/C21H20IN3O4/c1-11(2)19(27)24-17-6-3-12(7-18(17)26)9-23-10-16-15-8-13(22)4-5-14(15)20(28)25-21(16)29/h3-8,10-11,23,26H,9H2,1-2H3,(H,24,27)(H,25,28,29).